The number of carbonyl (C=O) groups is 2. The predicted octanol–water partition coefficient (Wildman–Crippen LogP) is 3.81. The molecule has 0 saturated heterocycles. The molecule has 0 bridgehead atoms. The summed E-state index contributed by atoms with van der Waals surface area (Å²) in [6.45, 7) is 0.358. The van der Waals surface area contributed by atoms with Gasteiger partial charge in [-0.05, 0) is 54.8 Å². The first-order valence-electron chi connectivity index (χ1n) is 8.50. The number of carbonyl (C=O) groups excluding carboxylic acids is 2. The van der Waals surface area contributed by atoms with Crippen LogP contribution in [0.1, 0.15) is 16.8 Å². The summed E-state index contributed by atoms with van der Waals surface area (Å²) in [6.07, 6.45) is 2.43. The summed E-state index contributed by atoms with van der Waals surface area (Å²) in [5, 5.41) is 3.28. The Morgan fingerprint density at radius 2 is 1.78 bits per heavy atom. The van der Waals surface area contributed by atoms with Gasteiger partial charge in [-0.3, -0.25) is 4.79 Å². The molecule has 0 aromatic heterocycles. The minimum Gasteiger partial charge on any atom is -0.490 e. The van der Waals surface area contributed by atoms with Gasteiger partial charge in [0.25, 0.3) is 5.91 Å². The summed E-state index contributed by atoms with van der Waals surface area (Å²) in [4.78, 5) is 24.7. The van der Waals surface area contributed by atoms with Crippen LogP contribution in [0, 0.1) is 0 Å². The summed E-state index contributed by atoms with van der Waals surface area (Å²) < 4.78 is 10.8. The maximum absolute atomic E-state index is 12.4. The van der Waals surface area contributed by atoms with Gasteiger partial charge in [0.1, 0.15) is 25.0 Å². The second kappa shape index (κ2) is 11.5. The van der Waals surface area contributed by atoms with Gasteiger partial charge in [0.15, 0.2) is 0 Å². The van der Waals surface area contributed by atoms with E-state index in [4.69, 9.17) is 21.1 Å². The van der Waals surface area contributed by atoms with Crippen LogP contribution in [0.3, 0.4) is 0 Å². The Balaban J connectivity index is 1.84. The molecule has 0 aliphatic carbocycles. The minimum atomic E-state index is -0.711. The minimum absolute atomic E-state index is 0.111. The van der Waals surface area contributed by atoms with E-state index in [1.54, 1.807) is 36.0 Å². The number of amides is 1. The monoisotopic (exact) mass is 407 g/mol. The first-order valence-corrected chi connectivity index (χ1v) is 10.3. The Kier molecular flexibility index (Phi) is 9.01. The normalized spacial score (nSPS) is 11.5. The number of para-hydroxylation sites is 1. The van der Waals surface area contributed by atoms with Crippen LogP contribution in [-0.4, -0.2) is 43.1 Å². The van der Waals surface area contributed by atoms with Crippen LogP contribution in [0.5, 0.6) is 5.75 Å². The topological polar surface area (TPSA) is 64.6 Å². The lowest BCUT2D eigenvalue weighted by atomic mass is 10.1. The zero-order chi connectivity index (χ0) is 19.5. The van der Waals surface area contributed by atoms with Crippen molar-refractivity contribution < 1.29 is 19.1 Å². The van der Waals surface area contributed by atoms with Crippen LogP contribution in [-0.2, 0) is 9.53 Å². The molecule has 2 aromatic rings. The lowest BCUT2D eigenvalue weighted by Gasteiger charge is -2.17. The maximum atomic E-state index is 12.4. The Labute approximate surface area is 168 Å². The van der Waals surface area contributed by atoms with Crippen LogP contribution in [0.25, 0.3) is 0 Å². The predicted molar refractivity (Wildman–Crippen MR) is 109 cm³/mol. The van der Waals surface area contributed by atoms with Gasteiger partial charge < -0.3 is 14.8 Å². The van der Waals surface area contributed by atoms with Gasteiger partial charge >= 0.3 is 5.97 Å². The lowest BCUT2D eigenvalue weighted by Crippen LogP contribution is -2.42. The highest BCUT2D eigenvalue weighted by molar-refractivity contribution is 7.98. The zero-order valence-corrected chi connectivity index (χ0v) is 16.6. The molecule has 0 aliphatic rings. The van der Waals surface area contributed by atoms with Crippen LogP contribution in [0.2, 0.25) is 5.02 Å². The summed E-state index contributed by atoms with van der Waals surface area (Å²) >= 11 is 7.43. The second-order valence-corrected chi connectivity index (χ2v) is 7.07. The molecule has 5 nitrogen and oxygen atoms in total. The number of hydrogen-bond donors (Lipinski definition) is 1. The number of rotatable bonds is 10. The van der Waals surface area contributed by atoms with Crippen molar-refractivity contribution in [2.45, 2.75) is 12.5 Å². The van der Waals surface area contributed by atoms with Gasteiger partial charge in [0.2, 0.25) is 0 Å². The Morgan fingerprint density at radius 1 is 1.07 bits per heavy atom. The quantitative estimate of drug-likeness (QED) is 0.479. The van der Waals surface area contributed by atoms with E-state index in [0.717, 1.165) is 5.75 Å². The first-order chi connectivity index (χ1) is 13.1. The number of thioether (sulfide) groups is 1. The summed E-state index contributed by atoms with van der Waals surface area (Å²) in [7, 11) is 0. The molecule has 0 spiro atoms. The van der Waals surface area contributed by atoms with E-state index in [2.05, 4.69) is 5.32 Å². The van der Waals surface area contributed by atoms with Crippen LogP contribution in [0.15, 0.2) is 54.6 Å². The highest BCUT2D eigenvalue weighted by atomic mass is 35.5. The van der Waals surface area contributed by atoms with Gasteiger partial charge in [-0.15, -0.1) is 0 Å². The average Bonchev–Trinajstić information content (AvgIpc) is 2.69. The smallest absolute Gasteiger partial charge is 0.328 e. The van der Waals surface area contributed by atoms with E-state index in [-0.39, 0.29) is 19.1 Å². The average molecular weight is 408 g/mol. The number of benzene rings is 2. The van der Waals surface area contributed by atoms with Crippen LogP contribution >= 0.6 is 23.4 Å². The van der Waals surface area contributed by atoms with E-state index in [1.807, 2.05) is 36.6 Å². The Morgan fingerprint density at radius 3 is 2.44 bits per heavy atom. The van der Waals surface area contributed by atoms with Gasteiger partial charge in [-0.25, -0.2) is 4.79 Å². The standard InChI is InChI=1S/C20H22ClNO4S/c1-27-14-11-18(22-19(23)15-7-9-16(21)10-8-15)20(24)26-13-12-25-17-5-3-2-4-6-17/h2-10,18H,11-14H2,1H3,(H,22,23)/t18-/m0/s1. The van der Waals surface area contributed by atoms with Crippen molar-refractivity contribution in [1.82, 2.24) is 5.32 Å². The molecule has 144 valence electrons. The van der Waals surface area contributed by atoms with Crippen molar-refractivity contribution in [1.29, 1.82) is 0 Å². The summed E-state index contributed by atoms with van der Waals surface area (Å²) in [5.41, 5.74) is 0.439. The fourth-order valence-electron chi connectivity index (χ4n) is 2.25. The SMILES string of the molecule is CSCC[C@H](NC(=O)c1ccc(Cl)cc1)C(=O)OCCOc1ccccc1. The van der Waals surface area contributed by atoms with Gasteiger partial charge in [0, 0.05) is 10.6 Å². The fraction of sp³-hybridized carbons (Fsp3) is 0.300. The molecule has 0 fully saturated rings. The van der Waals surface area contributed by atoms with Crippen molar-refractivity contribution in [3.63, 3.8) is 0 Å². The van der Waals surface area contributed by atoms with Crippen LogP contribution in [0.4, 0.5) is 0 Å². The zero-order valence-electron chi connectivity index (χ0n) is 15.0. The third-order valence-electron chi connectivity index (χ3n) is 3.65. The van der Waals surface area contributed by atoms with Gasteiger partial charge in [0.05, 0.1) is 0 Å². The van der Waals surface area contributed by atoms with Gasteiger partial charge in [-0.1, -0.05) is 29.8 Å². The van der Waals surface area contributed by atoms with E-state index in [1.165, 1.54) is 0 Å². The van der Waals surface area contributed by atoms with E-state index < -0.39 is 12.0 Å². The molecular formula is C20H22ClNO4S. The summed E-state index contributed by atoms with van der Waals surface area (Å²) in [5.74, 6) is 0.628. The molecule has 2 rings (SSSR count). The highest BCUT2D eigenvalue weighted by Crippen LogP contribution is 2.11. The molecule has 0 saturated carbocycles. The molecular weight excluding hydrogens is 386 g/mol. The molecule has 7 heteroatoms. The number of nitrogens with one attached hydrogen (secondary N) is 1. The third kappa shape index (κ3) is 7.53. The van der Waals surface area contributed by atoms with E-state index >= 15 is 0 Å². The molecule has 27 heavy (non-hydrogen) atoms. The summed E-state index contributed by atoms with van der Waals surface area (Å²) in [6, 6.07) is 15.1. The van der Waals surface area contributed by atoms with E-state index in [9.17, 15) is 9.59 Å². The fourth-order valence-corrected chi connectivity index (χ4v) is 2.84. The highest BCUT2D eigenvalue weighted by Gasteiger charge is 2.22. The molecule has 2 aromatic carbocycles. The van der Waals surface area contributed by atoms with Crippen molar-refractivity contribution in [3.05, 3.63) is 65.2 Å². The first kappa shape index (κ1) is 21.1. The molecule has 0 unspecified atom stereocenters. The number of ether oxygens (including phenoxy) is 2. The maximum Gasteiger partial charge on any atom is 0.328 e. The molecule has 0 heterocycles. The van der Waals surface area contributed by atoms with Crippen molar-refractivity contribution in [2.24, 2.45) is 0 Å². The molecule has 0 radical (unpaired) electrons. The van der Waals surface area contributed by atoms with E-state index in [0.29, 0.717) is 22.8 Å². The van der Waals surface area contributed by atoms with Crippen molar-refractivity contribution >= 4 is 35.2 Å². The third-order valence-corrected chi connectivity index (χ3v) is 4.54. The Bertz CT molecular complexity index is 725. The number of halogens is 1. The lowest BCUT2D eigenvalue weighted by molar-refractivity contribution is -0.146. The molecule has 0 aliphatic heterocycles. The molecule has 1 N–H and O–H groups in total. The number of esters is 1. The molecule has 1 amide bonds. The largest absolute Gasteiger partial charge is 0.490 e. The second-order valence-electron chi connectivity index (χ2n) is 5.64. The van der Waals surface area contributed by atoms with Gasteiger partial charge in [-0.2, -0.15) is 11.8 Å². The van der Waals surface area contributed by atoms with Crippen molar-refractivity contribution in [3.8, 4) is 5.75 Å². The number of hydrogen-bond acceptors (Lipinski definition) is 5. The Hall–Kier alpha value is -2.18. The van der Waals surface area contributed by atoms with Crippen LogP contribution < -0.4 is 10.1 Å². The van der Waals surface area contributed by atoms with Crippen molar-refractivity contribution in [2.75, 3.05) is 25.2 Å². The molecule has 1 atom stereocenters.